The second-order valence-corrected chi connectivity index (χ2v) is 3.93. The lowest BCUT2D eigenvalue weighted by Crippen LogP contribution is -2.11. The first-order valence-corrected chi connectivity index (χ1v) is 5.30. The summed E-state index contributed by atoms with van der Waals surface area (Å²) in [5.41, 5.74) is -2.90. The first-order chi connectivity index (χ1) is 9.19. The van der Waals surface area contributed by atoms with Gasteiger partial charge in [-0.25, -0.2) is 0 Å². The van der Waals surface area contributed by atoms with Crippen molar-refractivity contribution in [2.24, 2.45) is 0 Å². The smallest absolute Gasteiger partial charge is 0.254 e. The summed E-state index contributed by atoms with van der Waals surface area (Å²) in [6, 6.07) is 3.76. The molecule has 0 amide bonds. The van der Waals surface area contributed by atoms with Gasteiger partial charge in [0.15, 0.2) is 0 Å². The predicted molar refractivity (Wildman–Crippen MR) is 58.5 cm³/mol. The van der Waals surface area contributed by atoms with Crippen molar-refractivity contribution in [2.45, 2.75) is 12.4 Å². The highest BCUT2D eigenvalue weighted by molar-refractivity contribution is 5.68. The van der Waals surface area contributed by atoms with E-state index in [2.05, 4.69) is 11.2 Å². The molecule has 105 valence electrons. The van der Waals surface area contributed by atoms with Crippen LogP contribution in [-0.2, 0) is 12.4 Å². The van der Waals surface area contributed by atoms with Crippen LogP contribution in [-0.4, -0.2) is 4.98 Å². The summed E-state index contributed by atoms with van der Waals surface area (Å²) in [7, 11) is 0. The zero-order valence-electron chi connectivity index (χ0n) is 9.68. The molecule has 1 radical (unpaired) electrons. The molecule has 1 nitrogen and oxygen atoms in total. The lowest BCUT2D eigenvalue weighted by atomic mass is 9.98. The standard InChI is InChI=1S/C13H6F6N/c14-12(15,16)9-3-4-11(13(17,18)19)10(6-9)8-2-1-5-20-7-8/h1-4,6-7H. The highest BCUT2D eigenvalue weighted by atomic mass is 19.4. The number of pyridine rings is 1. The Morgan fingerprint density at radius 2 is 1.60 bits per heavy atom. The van der Waals surface area contributed by atoms with Crippen LogP contribution in [0.25, 0.3) is 11.1 Å². The Morgan fingerprint density at radius 3 is 2.10 bits per heavy atom. The topological polar surface area (TPSA) is 12.9 Å². The quantitative estimate of drug-likeness (QED) is 0.700. The third-order valence-electron chi connectivity index (χ3n) is 2.58. The summed E-state index contributed by atoms with van der Waals surface area (Å²) in [4.78, 5) is 3.50. The second-order valence-electron chi connectivity index (χ2n) is 3.93. The minimum absolute atomic E-state index is 0.0535. The van der Waals surface area contributed by atoms with Crippen molar-refractivity contribution in [1.82, 2.24) is 4.98 Å². The van der Waals surface area contributed by atoms with Crippen LogP contribution >= 0.6 is 0 Å². The Hall–Kier alpha value is -2.05. The summed E-state index contributed by atoms with van der Waals surface area (Å²) >= 11 is 0. The molecule has 7 heteroatoms. The monoisotopic (exact) mass is 290 g/mol. The van der Waals surface area contributed by atoms with Crippen molar-refractivity contribution >= 4 is 0 Å². The zero-order chi connectivity index (χ0) is 15.0. The number of aromatic nitrogens is 1. The lowest BCUT2D eigenvalue weighted by Gasteiger charge is -2.15. The Kier molecular flexibility index (Phi) is 3.45. The molecule has 1 aromatic heterocycles. The molecule has 0 atom stereocenters. The Labute approximate surface area is 109 Å². The van der Waals surface area contributed by atoms with Gasteiger partial charge in [-0.3, -0.25) is 4.98 Å². The van der Waals surface area contributed by atoms with Crippen molar-refractivity contribution < 1.29 is 26.3 Å². The van der Waals surface area contributed by atoms with Gasteiger partial charge in [-0.1, -0.05) is 6.07 Å². The van der Waals surface area contributed by atoms with Crippen LogP contribution in [0.15, 0.2) is 36.5 Å². The van der Waals surface area contributed by atoms with Gasteiger partial charge >= 0.3 is 12.4 Å². The van der Waals surface area contributed by atoms with Crippen LogP contribution in [0.4, 0.5) is 26.3 Å². The fourth-order valence-corrected chi connectivity index (χ4v) is 1.69. The maximum absolute atomic E-state index is 12.9. The number of hydrogen-bond acceptors (Lipinski definition) is 1. The van der Waals surface area contributed by atoms with E-state index in [9.17, 15) is 26.3 Å². The summed E-state index contributed by atoms with van der Waals surface area (Å²) in [6.45, 7) is 0. The van der Waals surface area contributed by atoms with Gasteiger partial charge in [-0.05, 0) is 29.8 Å². The third kappa shape index (κ3) is 2.92. The fourth-order valence-electron chi connectivity index (χ4n) is 1.69. The Balaban J connectivity index is 2.67. The largest absolute Gasteiger partial charge is 0.417 e. The number of halogens is 6. The zero-order valence-corrected chi connectivity index (χ0v) is 9.68. The molecule has 0 N–H and O–H groups in total. The number of rotatable bonds is 1. The molecular formula is C13H6F6N. The van der Waals surface area contributed by atoms with E-state index in [4.69, 9.17) is 0 Å². The molecule has 0 spiro atoms. The predicted octanol–water partition coefficient (Wildman–Crippen LogP) is 4.59. The van der Waals surface area contributed by atoms with Crippen LogP contribution < -0.4 is 0 Å². The lowest BCUT2D eigenvalue weighted by molar-refractivity contribution is -0.141. The molecule has 1 aromatic carbocycles. The van der Waals surface area contributed by atoms with Crippen LogP contribution in [0.1, 0.15) is 11.1 Å². The van der Waals surface area contributed by atoms with Crippen LogP contribution in [0.5, 0.6) is 0 Å². The van der Waals surface area contributed by atoms with Gasteiger partial charge in [0.1, 0.15) is 0 Å². The summed E-state index contributed by atoms with van der Waals surface area (Å²) in [5.74, 6) is 0. The Bertz CT molecular complexity index is 600. The number of alkyl halides is 6. The van der Waals surface area contributed by atoms with E-state index in [1.807, 2.05) is 0 Å². The van der Waals surface area contributed by atoms with E-state index in [1.165, 1.54) is 12.1 Å². The maximum Gasteiger partial charge on any atom is 0.417 e. The van der Waals surface area contributed by atoms with Crippen LogP contribution in [0.3, 0.4) is 0 Å². The average molecular weight is 290 g/mol. The highest BCUT2D eigenvalue weighted by Crippen LogP contribution is 2.40. The maximum atomic E-state index is 12.9. The summed E-state index contributed by atoms with van der Waals surface area (Å²) in [6.07, 6.45) is -6.08. The molecule has 0 saturated heterocycles. The molecular weight excluding hydrogens is 284 g/mol. The van der Waals surface area contributed by atoms with Gasteiger partial charge in [-0.15, -0.1) is 0 Å². The van der Waals surface area contributed by atoms with Gasteiger partial charge in [-0.2, -0.15) is 26.3 Å². The molecule has 0 bridgehead atoms. The van der Waals surface area contributed by atoms with Gasteiger partial charge in [0, 0.05) is 11.8 Å². The second kappa shape index (κ2) is 4.81. The fraction of sp³-hybridized carbons (Fsp3) is 0.154. The van der Waals surface area contributed by atoms with Gasteiger partial charge in [0.05, 0.1) is 17.3 Å². The molecule has 1 heterocycles. The number of benzene rings is 1. The van der Waals surface area contributed by atoms with E-state index in [0.29, 0.717) is 18.2 Å². The molecule has 0 saturated carbocycles. The molecule has 0 aliphatic heterocycles. The molecule has 2 aromatic rings. The van der Waals surface area contributed by atoms with Gasteiger partial charge < -0.3 is 0 Å². The average Bonchev–Trinajstić information content (AvgIpc) is 2.37. The van der Waals surface area contributed by atoms with Crippen molar-refractivity contribution in [3.05, 3.63) is 53.9 Å². The summed E-state index contributed by atoms with van der Waals surface area (Å²) < 4.78 is 76.4. The molecule has 0 unspecified atom stereocenters. The van der Waals surface area contributed by atoms with Crippen molar-refractivity contribution in [3.63, 3.8) is 0 Å². The highest BCUT2D eigenvalue weighted by Gasteiger charge is 2.37. The Morgan fingerprint density at radius 1 is 0.900 bits per heavy atom. The minimum Gasteiger partial charge on any atom is -0.254 e. The number of hydrogen-bond donors (Lipinski definition) is 0. The first kappa shape index (κ1) is 14.4. The van der Waals surface area contributed by atoms with Gasteiger partial charge in [0.25, 0.3) is 0 Å². The van der Waals surface area contributed by atoms with E-state index in [1.54, 1.807) is 0 Å². The first-order valence-electron chi connectivity index (χ1n) is 5.30. The van der Waals surface area contributed by atoms with Crippen molar-refractivity contribution in [1.29, 1.82) is 0 Å². The van der Waals surface area contributed by atoms with E-state index in [-0.39, 0.29) is 5.56 Å². The van der Waals surface area contributed by atoms with Crippen LogP contribution in [0.2, 0.25) is 0 Å². The van der Waals surface area contributed by atoms with Crippen LogP contribution in [0, 0.1) is 6.20 Å². The molecule has 0 fully saturated rings. The molecule has 0 aliphatic rings. The molecule has 20 heavy (non-hydrogen) atoms. The van der Waals surface area contributed by atoms with Crippen molar-refractivity contribution in [3.8, 4) is 11.1 Å². The minimum atomic E-state index is -4.75. The van der Waals surface area contributed by atoms with Crippen molar-refractivity contribution in [2.75, 3.05) is 0 Å². The third-order valence-corrected chi connectivity index (χ3v) is 2.58. The molecule has 2 rings (SSSR count). The van der Waals surface area contributed by atoms with E-state index >= 15 is 0 Å². The SMILES string of the molecule is FC(F)(F)c1ccc(C(F)(F)F)c(-c2cc[c]nc2)c1. The van der Waals surface area contributed by atoms with E-state index in [0.717, 1.165) is 6.20 Å². The van der Waals surface area contributed by atoms with Gasteiger partial charge in [0.2, 0.25) is 0 Å². The normalized spacial score (nSPS) is 12.5. The number of nitrogens with zero attached hydrogens (tertiary/aromatic N) is 1. The summed E-state index contributed by atoms with van der Waals surface area (Å²) in [5, 5.41) is 0. The van der Waals surface area contributed by atoms with E-state index < -0.39 is 29.0 Å². The molecule has 0 aliphatic carbocycles.